The highest BCUT2D eigenvalue weighted by atomic mass is 16.5. The standard InChI is InChI=1S/C18H29N3O8/c1-2-14(17(20)27)21-18(28)11(9-16(25)26)8-15(24)13(19)5-4-12(23)10-29-7-3-6-22/h6,11,13-14H,2-5,7-10,19H2,1H3,(H2,20,27)(H,21,28)(H,25,26)/t11-,13-,14-/m0/s1. The summed E-state index contributed by atoms with van der Waals surface area (Å²) in [7, 11) is 0. The van der Waals surface area contributed by atoms with Gasteiger partial charge in [-0.3, -0.25) is 24.0 Å². The van der Waals surface area contributed by atoms with Gasteiger partial charge in [0.15, 0.2) is 5.78 Å². The summed E-state index contributed by atoms with van der Waals surface area (Å²) in [6, 6.07) is -2.03. The Hall–Kier alpha value is -2.66. The predicted octanol–water partition coefficient (Wildman–Crippen LogP) is -1.30. The summed E-state index contributed by atoms with van der Waals surface area (Å²) in [4.78, 5) is 68.6. The minimum atomic E-state index is -1.29. The molecule has 0 aromatic rings. The number of carbonyl (C=O) groups excluding carboxylic acids is 5. The number of carboxylic acids is 1. The van der Waals surface area contributed by atoms with Gasteiger partial charge in [-0.25, -0.2) is 0 Å². The van der Waals surface area contributed by atoms with Crippen molar-refractivity contribution in [1.29, 1.82) is 0 Å². The minimum absolute atomic E-state index is 0.00892. The Balaban J connectivity index is 4.69. The maximum Gasteiger partial charge on any atom is 0.304 e. The highest BCUT2D eigenvalue weighted by Crippen LogP contribution is 2.13. The molecule has 6 N–H and O–H groups in total. The molecule has 0 spiro atoms. The van der Waals surface area contributed by atoms with E-state index in [-0.39, 0.29) is 44.7 Å². The second kappa shape index (κ2) is 14.4. The van der Waals surface area contributed by atoms with Crippen molar-refractivity contribution >= 4 is 35.6 Å². The molecular weight excluding hydrogens is 386 g/mol. The third-order valence-electron chi connectivity index (χ3n) is 4.10. The van der Waals surface area contributed by atoms with Crippen LogP contribution in [0, 0.1) is 5.92 Å². The lowest BCUT2D eigenvalue weighted by Crippen LogP contribution is -2.47. The van der Waals surface area contributed by atoms with Crippen molar-refractivity contribution in [3.8, 4) is 0 Å². The van der Waals surface area contributed by atoms with Crippen LogP contribution in [-0.2, 0) is 33.5 Å². The number of Topliss-reactive ketones (excluding diaryl/α,β-unsaturated/α-hetero) is 2. The Morgan fingerprint density at radius 2 is 1.83 bits per heavy atom. The molecular formula is C18H29N3O8. The maximum atomic E-state index is 12.3. The average Bonchev–Trinajstić information content (AvgIpc) is 2.65. The summed E-state index contributed by atoms with van der Waals surface area (Å²) < 4.78 is 4.97. The zero-order chi connectivity index (χ0) is 22.4. The van der Waals surface area contributed by atoms with E-state index in [9.17, 15) is 28.8 Å². The van der Waals surface area contributed by atoms with Crippen LogP contribution in [-0.4, -0.2) is 66.0 Å². The lowest BCUT2D eigenvalue weighted by molar-refractivity contribution is -0.142. The highest BCUT2D eigenvalue weighted by molar-refractivity contribution is 5.93. The number of nitrogens with two attached hydrogens (primary N) is 2. The van der Waals surface area contributed by atoms with Gasteiger partial charge in [-0.15, -0.1) is 0 Å². The van der Waals surface area contributed by atoms with Crippen molar-refractivity contribution in [2.24, 2.45) is 17.4 Å². The Morgan fingerprint density at radius 3 is 2.34 bits per heavy atom. The zero-order valence-electron chi connectivity index (χ0n) is 16.4. The Bertz CT molecular complexity index is 608. The summed E-state index contributed by atoms with van der Waals surface area (Å²) in [5.41, 5.74) is 10.9. The molecule has 0 heterocycles. The Morgan fingerprint density at radius 1 is 1.17 bits per heavy atom. The molecule has 3 atom stereocenters. The molecule has 0 saturated carbocycles. The largest absolute Gasteiger partial charge is 0.481 e. The number of hydrogen-bond acceptors (Lipinski definition) is 8. The second-order valence-electron chi connectivity index (χ2n) is 6.53. The number of nitrogens with one attached hydrogen (secondary N) is 1. The normalized spacial score (nSPS) is 13.7. The quantitative estimate of drug-likeness (QED) is 0.165. The maximum absolute atomic E-state index is 12.3. The lowest BCUT2D eigenvalue weighted by atomic mass is 9.92. The fourth-order valence-corrected chi connectivity index (χ4v) is 2.39. The van der Waals surface area contributed by atoms with Crippen LogP contribution in [0.1, 0.15) is 45.4 Å². The van der Waals surface area contributed by atoms with Crippen molar-refractivity contribution < 1.29 is 38.6 Å². The van der Waals surface area contributed by atoms with Crippen LogP contribution >= 0.6 is 0 Å². The highest BCUT2D eigenvalue weighted by Gasteiger charge is 2.29. The molecule has 11 heteroatoms. The van der Waals surface area contributed by atoms with E-state index in [2.05, 4.69) is 5.32 Å². The van der Waals surface area contributed by atoms with Crippen LogP contribution in [0.25, 0.3) is 0 Å². The Kier molecular flexibility index (Phi) is 13.0. The smallest absolute Gasteiger partial charge is 0.304 e. The van der Waals surface area contributed by atoms with Gasteiger partial charge in [0.2, 0.25) is 11.8 Å². The van der Waals surface area contributed by atoms with Crippen molar-refractivity contribution in [3.05, 3.63) is 0 Å². The number of rotatable bonds is 17. The molecule has 29 heavy (non-hydrogen) atoms. The van der Waals surface area contributed by atoms with Crippen LogP contribution in [0.2, 0.25) is 0 Å². The number of ether oxygens (including phenoxy) is 1. The molecule has 0 rings (SSSR count). The number of hydrogen-bond donors (Lipinski definition) is 4. The van der Waals surface area contributed by atoms with Crippen molar-refractivity contribution in [2.45, 2.75) is 57.5 Å². The van der Waals surface area contributed by atoms with Crippen LogP contribution < -0.4 is 16.8 Å². The first-order chi connectivity index (χ1) is 13.6. The lowest BCUT2D eigenvalue weighted by Gasteiger charge is -2.20. The molecule has 11 nitrogen and oxygen atoms in total. The van der Waals surface area contributed by atoms with Crippen LogP contribution in [0.5, 0.6) is 0 Å². The van der Waals surface area contributed by atoms with Crippen molar-refractivity contribution in [1.82, 2.24) is 5.32 Å². The molecule has 0 aliphatic rings. The molecule has 2 amide bonds. The average molecular weight is 415 g/mol. The molecule has 0 aliphatic carbocycles. The van der Waals surface area contributed by atoms with Crippen LogP contribution in [0.4, 0.5) is 0 Å². The number of ketones is 2. The number of aldehydes is 1. The predicted molar refractivity (Wildman–Crippen MR) is 100 cm³/mol. The summed E-state index contributed by atoms with van der Waals surface area (Å²) in [5, 5.41) is 11.3. The SMILES string of the molecule is CC[C@H](NC(=O)[C@H](CC(=O)O)CC(=O)[C@@H](N)CCC(=O)COCCC=O)C(N)=O. The van der Waals surface area contributed by atoms with E-state index in [0.717, 1.165) is 0 Å². The van der Waals surface area contributed by atoms with Gasteiger partial charge in [0.25, 0.3) is 0 Å². The third kappa shape index (κ3) is 11.7. The number of primary amides is 1. The van der Waals surface area contributed by atoms with Gasteiger partial charge in [-0.2, -0.15) is 0 Å². The monoisotopic (exact) mass is 415 g/mol. The fourth-order valence-electron chi connectivity index (χ4n) is 2.39. The molecule has 0 aliphatic heterocycles. The van der Waals surface area contributed by atoms with Gasteiger partial charge in [-0.1, -0.05) is 6.92 Å². The van der Waals surface area contributed by atoms with Crippen LogP contribution in [0.3, 0.4) is 0 Å². The number of aliphatic carboxylic acids is 1. The molecule has 164 valence electrons. The van der Waals surface area contributed by atoms with E-state index in [4.69, 9.17) is 21.3 Å². The number of amides is 2. The molecule has 0 saturated heterocycles. The van der Waals surface area contributed by atoms with Gasteiger partial charge in [0, 0.05) is 19.3 Å². The van der Waals surface area contributed by atoms with Gasteiger partial charge >= 0.3 is 5.97 Å². The van der Waals surface area contributed by atoms with E-state index in [1.54, 1.807) is 6.92 Å². The van der Waals surface area contributed by atoms with Crippen molar-refractivity contribution in [2.75, 3.05) is 13.2 Å². The molecule has 0 bridgehead atoms. The minimum Gasteiger partial charge on any atom is -0.481 e. The van der Waals surface area contributed by atoms with E-state index in [1.165, 1.54) is 0 Å². The van der Waals surface area contributed by atoms with Gasteiger partial charge in [0.05, 0.1) is 25.0 Å². The van der Waals surface area contributed by atoms with Crippen LogP contribution in [0.15, 0.2) is 0 Å². The molecule has 0 unspecified atom stereocenters. The summed E-state index contributed by atoms with van der Waals surface area (Å²) in [6.07, 6.45) is -0.0485. The molecule has 0 fully saturated rings. The number of carbonyl (C=O) groups is 6. The number of carboxylic acid groups (broad SMARTS) is 1. The van der Waals surface area contributed by atoms with E-state index in [0.29, 0.717) is 6.29 Å². The first-order valence-electron chi connectivity index (χ1n) is 9.25. The van der Waals surface area contributed by atoms with Gasteiger partial charge < -0.3 is 31.4 Å². The first-order valence-corrected chi connectivity index (χ1v) is 9.25. The zero-order valence-corrected chi connectivity index (χ0v) is 16.4. The first kappa shape index (κ1) is 26.3. The van der Waals surface area contributed by atoms with Crippen molar-refractivity contribution in [3.63, 3.8) is 0 Å². The van der Waals surface area contributed by atoms with E-state index < -0.39 is 54.4 Å². The summed E-state index contributed by atoms with van der Waals surface area (Å²) >= 11 is 0. The molecule has 0 aromatic carbocycles. The molecule has 0 radical (unpaired) electrons. The summed E-state index contributed by atoms with van der Waals surface area (Å²) in [5.74, 6) is -4.94. The van der Waals surface area contributed by atoms with Gasteiger partial charge in [-0.05, 0) is 12.8 Å². The summed E-state index contributed by atoms with van der Waals surface area (Å²) in [6.45, 7) is 1.53. The third-order valence-corrected chi connectivity index (χ3v) is 4.10. The van der Waals surface area contributed by atoms with Gasteiger partial charge in [0.1, 0.15) is 24.7 Å². The molecule has 0 aromatic heterocycles. The van der Waals surface area contributed by atoms with E-state index in [1.807, 2.05) is 0 Å². The Labute approximate surface area is 168 Å². The second-order valence-corrected chi connectivity index (χ2v) is 6.53. The van der Waals surface area contributed by atoms with E-state index >= 15 is 0 Å². The topological polar surface area (TPSA) is 196 Å². The fraction of sp³-hybridized carbons (Fsp3) is 0.667.